The molecule has 2 aromatic rings. The first kappa shape index (κ1) is 21.4. The number of guanidine groups is 1. The highest BCUT2D eigenvalue weighted by molar-refractivity contribution is 14.0. The van der Waals surface area contributed by atoms with Gasteiger partial charge in [-0.2, -0.15) is 0 Å². The van der Waals surface area contributed by atoms with Crippen LogP contribution >= 0.6 is 24.0 Å². The average Bonchev–Trinajstić information content (AvgIpc) is 2.60. The Morgan fingerprint density at radius 3 is 2.32 bits per heavy atom. The summed E-state index contributed by atoms with van der Waals surface area (Å²) >= 11 is 0. The molecule has 0 atom stereocenters. The minimum absolute atomic E-state index is 0. The lowest BCUT2D eigenvalue weighted by atomic mass is 10.1. The molecule has 0 fully saturated rings. The van der Waals surface area contributed by atoms with Crippen LogP contribution < -0.4 is 5.32 Å². The number of aliphatic hydroxyl groups is 1. The molecule has 0 saturated carbocycles. The van der Waals surface area contributed by atoms with E-state index in [-0.39, 0.29) is 30.6 Å². The molecule has 0 amide bonds. The summed E-state index contributed by atoms with van der Waals surface area (Å²) < 4.78 is 0. The zero-order valence-electron chi connectivity index (χ0n) is 15.2. The molecule has 0 bridgehead atoms. The highest BCUT2D eigenvalue weighted by Gasteiger charge is 2.07. The van der Waals surface area contributed by atoms with Gasteiger partial charge in [-0.3, -0.25) is 0 Å². The number of hydrogen-bond acceptors (Lipinski definition) is 2. The topological polar surface area (TPSA) is 47.9 Å². The Hall–Kier alpha value is -1.60. The second-order valence-electron chi connectivity index (χ2n) is 5.94. The molecule has 2 aromatic carbocycles. The van der Waals surface area contributed by atoms with Crippen LogP contribution in [-0.2, 0) is 19.7 Å². The van der Waals surface area contributed by atoms with Gasteiger partial charge in [0.1, 0.15) is 0 Å². The Labute approximate surface area is 168 Å². The zero-order chi connectivity index (χ0) is 17.4. The molecule has 0 aromatic heterocycles. The minimum Gasteiger partial charge on any atom is -0.392 e. The molecule has 0 radical (unpaired) electrons. The number of hydrogen-bond donors (Lipinski definition) is 2. The monoisotopic (exact) mass is 453 g/mol. The van der Waals surface area contributed by atoms with Crippen molar-refractivity contribution < 1.29 is 5.11 Å². The highest BCUT2D eigenvalue weighted by atomic mass is 127. The lowest BCUT2D eigenvalue weighted by Crippen LogP contribution is -2.38. The van der Waals surface area contributed by atoms with Gasteiger partial charge in [-0.1, -0.05) is 54.1 Å². The van der Waals surface area contributed by atoms with Gasteiger partial charge in [0.25, 0.3) is 0 Å². The van der Waals surface area contributed by atoms with Crippen molar-refractivity contribution in [1.29, 1.82) is 0 Å². The van der Waals surface area contributed by atoms with Crippen molar-refractivity contribution in [3.05, 3.63) is 70.8 Å². The lowest BCUT2D eigenvalue weighted by molar-refractivity contribution is 0.280. The van der Waals surface area contributed by atoms with E-state index < -0.39 is 0 Å². The van der Waals surface area contributed by atoms with Gasteiger partial charge in [0.2, 0.25) is 0 Å². The number of halogens is 1. The molecule has 0 aliphatic rings. The van der Waals surface area contributed by atoms with E-state index >= 15 is 0 Å². The molecule has 0 unspecified atom stereocenters. The van der Waals surface area contributed by atoms with Crippen LogP contribution in [0.25, 0.3) is 0 Å². The predicted octanol–water partition coefficient (Wildman–Crippen LogP) is 3.70. The summed E-state index contributed by atoms with van der Waals surface area (Å²) in [6.07, 6.45) is 0. The molecule has 0 heterocycles. The molecule has 4 nitrogen and oxygen atoms in total. The van der Waals surface area contributed by atoms with E-state index in [4.69, 9.17) is 4.99 Å². The Morgan fingerprint density at radius 2 is 1.72 bits per heavy atom. The van der Waals surface area contributed by atoms with Gasteiger partial charge in [-0.25, -0.2) is 4.99 Å². The molecule has 25 heavy (non-hydrogen) atoms. The number of rotatable bonds is 6. The molecular weight excluding hydrogens is 425 g/mol. The van der Waals surface area contributed by atoms with E-state index in [0.717, 1.165) is 30.2 Å². The number of aliphatic hydroxyl groups excluding tert-OH is 1. The standard InChI is InChI=1S/C20H27N3O.HI/c1-4-21-20(22-13-18-7-5-6-8-19(18)15-24)23(3)14-17-11-9-16(2)10-12-17;/h5-12,24H,4,13-15H2,1-3H3,(H,21,22);1H. The number of nitrogens with one attached hydrogen (secondary N) is 1. The minimum atomic E-state index is 0. The van der Waals surface area contributed by atoms with Gasteiger partial charge in [-0.15, -0.1) is 24.0 Å². The summed E-state index contributed by atoms with van der Waals surface area (Å²) in [5, 5.41) is 12.8. The van der Waals surface area contributed by atoms with Crippen molar-refractivity contribution in [2.24, 2.45) is 4.99 Å². The van der Waals surface area contributed by atoms with E-state index in [9.17, 15) is 5.11 Å². The van der Waals surface area contributed by atoms with Crippen LogP contribution in [0.4, 0.5) is 0 Å². The SMILES string of the molecule is CCNC(=NCc1ccccc1CO)N(C)Cc1ccc(C)cc1.I. The number of nitrogens with zero attached hydrogens (tertiary/aromatic N) is 2. The summed E-state index contributed by atoms with van der Waals surface area (Å²) in [7, 11) is 2.04. The maximum absolute atomic E-state index is 9.44. The summed E-state index contributed by atoms with van der Waals surface area (Å²) in [5.74, 6) is 0.866. The largest absolute Gasteiger partial charge is 0.392 e. The fourth-order valence-electron chi connectivity index (χ4n) is 2.54. The van der Waals surface area contributed by atoms with Crippen LogP contribution in [0.15, 0.2) is 53.5 Å². The summed E-state index contributed by atoms with van der Waals surface area (Å²) in [4.78, 5) is 6.85. The van der Waals surface area contributed by atoms with Gasteiger partial charge < -0.3 is 15.3 Å². The second kappa shape index (κ2) is 11.1. The normalized spacial score (nSPS) is 11.0. The molecule has 0 aliphatic heterocycles. The van der Waals surface area contributed by atoms with Crippen molar-refractivity contribution in [3.8, 4) is 0 Å². The van der Waals surface area contributed by atoms with Crippen LogP contribution in [0.3, 0.4) is 0 Å². The molecule has 0 spiro atoms. The predicted molar refractivity (Wildman–Crippen MR) is 115 cm³/mol. The smallest absolute Gasteiger partial charge is 0.194 e. The molecule has 0 aliphatic carbocycles. The number of benzene rings is 2. The number of aryl methyl sites for hydroxylation is 1. The van der Waals surface area contributed by atoms with Crippen LogP contribution in [0.2, 0.25) is 0 Å². The third-order valence-corrected chi connectivity index (χ3v) is 3.92. The van der Waals surface area contributed by atoms with E-state index in [1.165, 1.54) is 11.1 Å². The van der Waals surface area contributed by atoms with Crippen molar-refractivity contribution in [2.45, 2.75) is 33.5 Å². The van der Waals surface area contributed by atoms with Gasteiger partial charge in [0.05, 0.1) is 13.2 Å². The summed E-state index contributed by atoms with van der Waals surface area (Å²) in [6.45, 7) is 6.37. The Balaban J connectivity index is 0.00000312. The average molecular weight is 453 g/mol. The fourth-order valence-corrected chi connectivity index (χ4v) is 2.54. The first-order valence-corrected chi connectivity index (χ1v) is 8.36. The Kier molecular flexibility index (Phi) is 9.52. The van der Waals surface area contributed by atoms with E-state index in [2.05, 4.69) is 48.3 Å². The first-order valence-electron chi connectivity index (χ1n) is 8.36. The molecular formula is C20H28IN3O. The first-order chi connectivity index (χ1) is 11.6. The van der Waals surface area contributed by atoms with E-state index in [0.29, 0.717) is 6.54 Å². The van der Waals surface area contributed by atoms with Crippen molar-refractivity contribution >= 4 is 29.9 Å². The third kappa shape index (κ3) is 6.66. The molecule has 136 valence electrons. The van der Waals surface area contributed by atoms with Crippen LogP contribution in [-0.4, -0.2) is 29.6 Å². The van der Waals surface area contributed by atoms with Crippen LogP contribution in [0, 0.1) is 6.92 Å². The van der Waals surface area contributed by atoms with E-state index in [1.807, 2.05) is 31.3 Å². The highest BCUT2D eigenvalue weighted by Crippen LogP contribution is 2.11. The Bertz CT molecular complexity index is 671. The lowest BCUT2D eigenvalue weighted by Gasteiger charge is -2.22. The Morgan fingerprint density at radius 1 is 1.08 bits per heavy atom. The fraction of sp³-hybridized carbons (Fsp3) is 0.350. The third-order valence-electron chi connectivity index (χ3n) is 3.92. The maximum atomic E-state index is 9.44. The van der Waals surface area contributed by atoms with Gasteiger partial charge in [-0.05, 0) is 30.5 Å². The second-order valence-corrected chi connectivity index (χ2v) is 5.94. The van der Waals surface area contributed by atoms with Gasteiger partial charge >= 0.3 is 0 Å². The van der Waals surface area contributed by atoms with Crippen molar-refractivity contribution in [1.82, 2.24) is 10.2 Å². The van der Waals surface area contributed by atoms with Gasteiger partial charge in [0, 0.05) is 20.1 Å². The summed E-state index contributed by atoms with van der Waals surface area (Å²) in [6, 6.07) is 16.4. The van der Waals surface area contributed by atoms with E-state index in [1.54, 1.807) is 0 Å². The molecule has 2 N–H and O–H groups in total. The van der Waals surface area contributed by atoms with Gasteiger partial charge in [0.15, 0.2) is 5.96 Å². The van der Waals surface area contributed by atoms with Crippen LogP contribution in [0.5, 0.6) is 0 Å². The summed E-state index contributed by atoms with van der Waals surface area (Å²) in [5.41, 5.74) is 4.50. The zero-order valence-corrected chi connectivity index (χ0v) is 17.5. The van der Waals surface area contributed by atoms with Crippen LogP contribution in [0.1, 0.15) is 29.2 Å². The van der Waals surface area contributed by atoms with Crippen molar-refractivity contribution in [2.75, 3.05) is 13.6 Å². The number of aliphatic imine (C=N–C) groups is 1. The molecule has 5 heteroatoms. The molecule has 2 rings (SSSR count). The quantitative estimate of drug-likeness (QED) is 0.399. The maximum Gasteiger partial charge on any atom is 0.194 e. The molecule has 0 saturated heterocycles. The van der Waals surface area contributed by atoms with Crippen molar-refractivity contribution in [3.63, 3.8) is 0 Å².